The summed E-state index contributed by atoms with van der Waals surface area (Å²) in [7, 11) is 3.10. The molecule has 35 heavy (non-hydrogen) atoms. The molecule has 1 aliphatic carbocycles. The first kappa shape index (κ1) is 26.9. The number of ether oxygens (including phenoxy) is 3. The normalized spacial score (nSPS) is 22.5. The highest BCUT2D eigenvalue weighted by atomic mass is 16.6. The molecular weight excluding hydrogens is 456 g/mol. The van der Waals surface area contributed by atoms with Gasteiger partial charge in [0.05, 0.1) is 40.1 Å². The number of benzene rings is 1. The molecule has 10 nitrogen and oxygen atoms in total. The minimum atomic E-state index is -1.28. The van der Waals surface area contributed by atoms with Crippen molar-refractivity contribution in [3.8, 4) is 11.5 Å². The van der Waals surface area contributed by atoms with E-state index < -0.39 is 48.5 Å². The van der Waals surface area contributed by atoms with Crippen LogP contribution in [0.4, 0.5) is 0 Å². The SMILES string of the molecule is COc1ccc2c(c1OC)CC(C(=O)N[C@@H](CO)C(=O)NC(CC(C)C)C(=O)C1(CO)CO1)CC2. The number of aliphatic hydroxyl groups excluding tert-OH is 2. The summed E-state index contributed by atoms with van der Waals surface area (Å²) in [5, 5.41) is 24.7. The number of aliphatic hydroxyl groups is 2. The van der Waals surface area contributed by atoms with Crippen LogP contribution < -0.4 is 20.1 Å². The Kier molecular flexibility index (Phi) is 8.74. The molecule has 0 saturated carbocycles. The number of carbonyl (C=O) groups excluding carboxylic acids is 3. The zero-order valence-electron chi connectivity index (χ0n) is 20.8. The quantitative estimate of drug-likeness (QED) is 0.302. The number of epoxide rings is 1. The standard InChI is InChI=1S/C25H36N2O8/c1-14(2)9-18(22(30)25(12-29)13-35-25)26-24(32)19(11-28)27-23(31)16-6-5-15-7-8-20(33-3)21(34-4)17(15)10-16/h7-8,14,16,18-19,28-29H,5-6,9-13H2,1-4H3,(H,26,32)(H,27,31)/t16?,18?,19-,25?/m0/s1. The van der Waals surface area contributed by atoms with Gasteiger partial charge in [0, 0.05) is 11.5 Å². The summed E-state index contributed by atoms with van der Waals surface area (Å²) < 4.78 is 16.0. The lowest BCUT2D eigenvalue weighted by molar-refractivity contribution is -0.135. The first-order valence-corrected chi connectivity index (χ1v) is 11.9. The smallest absolute Gasteiger partial charge is 0.245 e. The highest BCUT2D eigenvalue weighted by molar-refractivity contribution is 5.98. The molecule has 2 amide bonds. The first-order valence-electron chi connectivity index (χ1n) is 11.9. The topological polar surface area (TPSA) is 147 Å². The van der Waals surface area contributed by atoms with Crippen molar-refractivity contribution >= 4 is 17.6 Å². The summed E-state index contributed by atoms with van der Waals surface area (Å²) in [5.41, 5.74) is 0.698. The van der Waals surface area contributed by atoms with Crippen LogP contribution in [0.25, 0.3) is 0 Å². The molecule has 1 fully saturated rings. The Morgan fingerprint density at radius 2 is 1.86 bits per heavy atom. The van der Waals surface area contributed by atoms with Crippen LogP contribution in [-0.2, 0) is 32.0 Å². The van der Waals surface area contributed by atoms with Crippen molar-refractivity contribution in [1.82, 2.24) is 10.6 Å². The molecule has 1 saturated heterocycles. The van der Waals surface area contributed by atoms with Crippen LogP contribution in [0.5, 0.6) is 11.5 Å². The lowest BCUT2D eigenvalue weighted by Crippen LogP contribution is -2.56. The third kappa shape index (κ3) is 5.94. The number of ketones is 1. The zero-order chi connectivity index (χ0) is 25.8. The van der Waals surface area contributed by atoms with Crippen molar-refractivity contribution in [2.24, 2.45) is 11.8 Å². The number of hydrogen-bond donors (Lipinski definition) is 4. The average molecular weight is 493 g/mol. The molecule has 1 aromatic rings. The number of fused-ring (bicyclic) bond motifs is 1. The highest BCUT2D eigenvalue weighted by Crippen LogP contribution is 2.39. The highest BCUT2D eigenvalue weighted by Gasteiger charge is 2.54. The molecule has 1 aliphatic heterocycles. The number of hydrogen-bond acceptors (Lipinski definition) is 8. The molecule has 0 bridgehead atoms. The maximum absolute atomic E-state index is 13.1. The summed E-state index contributed by atoms with van der Waals surface area (Å²) in [6, 6.07) is 1.68. The second kappa shape index (κ2) is 11.4. The number of rotatable bonds is 12. The molecule has 3 rings (SSSR count). The molecule has 10 heteroatoms. The minimum absolute atomic E-state index is 0.0789. The lowest BCUT2D eigenvalue weighted by atomic mass is 9.82. The maximum atomic E-state index is 13.1. The summed E-state index contributed by atoms with van der Waals surface area (Å²) >= 11 is 0. The monoisotopic (exact) mass is 492 g/mol. The third-order valence-electron chi connectivity index (χ3n) is 6.68. The van der Waals surface area contributed by atoms with Crippen LogP contribution in [0.2, 0.25) is 0 Å². The van der Waals surface area contributed by atoms with Crippen molar-refractivity contribution in [2.45, 2.75) is 57.2 Å². The summed E-state index contributed by atoms with van der Waals surface area (Å²) in [6.07, 6.45) is 1.99. The number of carbonyl (C=O) groups is 3. The van der Waals surface area contributed by atoms with Crippen LogP contribution >= 0.6 is 0 Å². The Morgan fingerprint density at radius 1 is 1.14 bits per heavy atom. The molecule has 1 aromatic carbocycles. The van der Waals surface area contributed by atoms with Gasteiger partial charge in [-0.15, -0.1) is 0 Å². The van der Waals surface area contributed by atoms with E-state index in [0.29, 0.717) is 37.2 Å². The molecule has 194 valence electrons. The maximum Gasteiger partial charge on any atom is 0.245 e. The molecule has 4 atom stereocenters. The Morgan fingerprint density at radius 3 is 2.40 bits per heavy atom. The molecule has 3 unspecified atom stereocenters. The summed E-state index contributed by atoms with van der Waals surface area (Å²) in [6.45, 7) is 2.82. The lowest BCUT2D eigenvalue weighted by Gasteiger charge is -2.28. The van der Waals surface area contributed by atoms with E-state index in [1.807, 2.05) is 26.0 Å². The van der Waals surface area contributed by atoms with E-state index in [2.05, 4.69) is 10.6 Å². The van der Waals surface area contributed by atoms with Gasteiger partial charge in [0.2, 0.25) is 11.8 Å². The van der Waals surface area contributed by atoms with Gasteiger partial charge in [-0.05, 0) is 43.2 Å². The fourth-order valence-corrected chi connectivity index (χ4v) is 4.57. The van der Waals surface area contributed by atoms with Crippen LogP contribution in [0.1, 0.15) is 37.8 Å². The zero-order valence-corrected chi connectivity index (χ0v) is 20.8. The average Bonchev–Trinajstić information content (AvgIpc) is 3.66. The van der Waals surface area contributed by atoms with Gasteiger partial charge in [-0.25, -0.2) is 0 Å². The van der Waals surface area contributed by atoms with E-state index in [0.717, 1.165) is 11.1 Å². The van der Waals surface area contributed by atoms with E-state index in [1.165, 1.54) is 0 Å². The van der Waals surface area contributed by atoms with Gasteiger partial charge in [-0.2, -0.15) is 0 Å². The fraction of sp³-hybridized carbons (Fsp3) is 0.640. The predicted molar refractivity (Wildman–Crippen MR) is 126 cm³/mol. The number of methoxy groups -OCH3 is 2. The molecule has 0 radical (unpaired) electrons. The fourth-order valence-electron chi connectivity index (χ4n) is 4.57. The van der Waals surface area contributed by atoms with Crippen molar-refractivity contribution in [3.63, 3.8) is 0 Å². The molecule has 1 heterocycles. The van der Waals surface area contributed by atoms with Gasteiger partial charge >= 0.3 is 0 Å². The van der Waals surface area contributed by atoms with Crippen molar-refractivity contribution < 1.29 is 38.8 Å². The van der Waals surface area contributed by atoms with Crippen molar-refractivity contribution in [2.75, 3.05) is 34.0 Å². The van der Waals surface area contributed by atoms with Gasteiger partial charge in [-0.1, -0.05) is 19.9 Å². The van der Waals surface area contributed by atoms with E-state index in [1.54, 1.807) is 14.2 Å². The van der Waals surface area contributed by atoms with Crippen LogP contribution in [0, 0.1) is 11.8 Å². The first-order chi connectivity index (χ1) is 16.7. The Hall–Kier alpha value is -2.69. The molecule has 2 aliphatic rings. The van der Waals surface area contributed by atoms with E-state index >= 15 is 0 Å². The Labute approximate surface area is 205 Å². The summed E-state index contributed by atoms with van der Waals surface area (Å²) in [4.78, 5) is 38.9. The molecular formula is C25H36N2O8. The minimum Gasteiger partial charge on any atom is -0.493 e. The molecule has 4 N–H and O–H groups in total. The number of amides is 2. The van der Waals surface area contributed by atoms with Gasteiger partial charge in [0.15, 0.2) is 22.9 Å². The Balaban J connectivity index is 1.68. The van der Waals surface area contributed by atoms with Crippen molar-refractivity contribution in [1.29, 1.82) is 0 Å². The number of aryl methyl sites for hydroxylation is 1. The third-order valence-corrected chi connectivity index (χ3v) is 6.68. The largest absolute Gasteiger partial charge is 0.493 e. The Bertz CT molecular complexity index is 944. The predicted octanol–water partition coefficient (Wildman–Crippen LogP) is 0.147. The van der Waals surface area contributed by atoms with E-state index in [4.69, 9.17) is 14.2 Å². The van der Waals surface area contributed by atoms with E-state index in [-0.39, 0.29) is 18.4 Å². The second-order valence-corrected chi connectivity index (χ2v) is 9.62. The molecule has 0 spiro atoms. The summed E-state index contributed by atoms with van der Waals surface area (Å²) in [5.74, 6) is -0.598. The number of nitrogens with one attached hydrogen (secondary N) is 2. The van der Waals surface area contributed by atoms with Crippen LogP contribution in [0.3, 0.4) is 0 Å². The van der Waals surface area contributed by atoms with Gasteiger partial charge in [-0.3, -0.25) is 14.4 Å². The van der Waals surface area contributed by atoms with Gasteiger partial charge < -0.3 is 35.1 Å². The second-order valence-electron chi connectivity index (χ2n) is 9.62. The van der Waals surface area contributed by atoms with Gasteiger partial charge in [0.25, 0.3) is 0 Å². The molecule has 0 aromatic heterocycles. The van der Waals surface area contributed by atoms with Crippen LogP contribution in [0.15, 0.2) is 12.1 Å². The van der Waals surface area contributed by atoms with E-state index in [9.17, 15) is 24.6 Å². The van der Waals surface area contributed by atoms with Crippen LogP contribution in [-0.4, -0.2) is 79.5 Å². The van der Waals surface area contributed by atoms with Crippen molar-refractivity contribution in [3.05, 3.63) is 23.3 Å². The number of Topliss-reactive ketones (excluding diaryl/α,β-unsaturated/α-hetero) is 1. The van der Waals surface area contributed by atoms with Gasteiger partial charge in [0.1, 0.15) is 6.04 Å².